The minimum absolute atomic E-state index is 0.0849. The Bertz CT molecular complexity index is 900. The number of nitrogens with one attached hydrogen (secondary N) is 2. The van der Waals surface area contributed by atoms with Gasteiger partial charge in [0, 0.05) is 5.56 Å². The molecule has 2 rings (SSSR count). The first-order valence-corrected chi connectivity index (χ1v) is 9.84. The van der Waals surface area contributed by atoms with E-state index in [2.05, 4.69) is 15.3 Å². The first kappa shape index (κ1) is 21.7. The molecular formula is C14H16F2N4O6S2. The monoisotopic (exact) mass is 438 g/mol. The standard InChI is InChI=1S/C14H16F2N4O6S2/c1-24-10-5-11(25-2)18-13(17-10)19-14(21)20-28(22,23)12-8(3-4-27-12)6-26-7-9(15)16/h3-5,9H,6-7H2,1-2H3,(H2,17,18,19,20,21). The van der Waals surface area contributed by atoms with Gasteiger partial charge in [0.2, 0.25) is 17.7 Å². The molecule has 0 radical (unpaired) electrons. The summed E-state index contributed by atoms with van der Waals surface area (Å²) < 4.78 is 65.2. The summed E-state index contributed by atoms with van der Waals surface area (Å²) in [6, 6.07) is 1.62. The minimum atomic E-state index is -4.28. The third-order valence-electron chi connectivity index (χ3n) is 3.00. The van der Waals surface area contributed by atoms with Crippen LogP contribution in [0, 0.1) is 0 Å². The summed E-state index contributed by atoms with van der Waals surface area (Å²) in [4.78, 5) is 19.7. The number of amides is 2. The van der Waals surface area contributed by atoms with Crippen LogP contribution < -0.4 is 19.5 Å². The molecule has 10 nitrogen and oxygen atoms in total. The number of anilines is 1. The highest BCUT2D eigenvalue weighted by atomic mass is 32.2. The number of rotatable bonds is 9. The number of sulfonamides is 1. The molecule has 0 saturated carbocycles. The van der Waals surface area contributed by atoms with E-state index in [1.54, 1.807) is 4.72 Å². The Hall–Kier alpha value is -2.58. The zero-order chi connectivity index (χ0) is 20.7. The van der Waals surface area contributed by atoms with Gasteiger partial charge in [0.25, 0.3) is 16.4 Å². The lowest BCUT2D eigenvalue weighted by atomic mass is 10.4. The van der Waals surface area contributed by atoms with E-state index >= 15 is 0 Å². The van der Waals surface area contributed by atoms with Crippen LogP contribution in [0.1, 0.15) is 5.56 Å². The van der Waals surface area contributed by atoms with E-state index in [1.807, 2.05) is 0 Å². The number of alkyl halides is 2. The number of carbonyl (C=O) groups excluding carboxylic acids is 1. The Balaban J connectivity index is 2.08. The molecule has 0 bridgehead atoms. The molecule has 0 aromatic carbocycles. The lowest BCUT2D eigenvalue weighted by molar-refractivity contribution is 0.00939. The van der Waals surface area contributed by atoms with E-state index < -0.39 is 29.1 Å². The largest absolute Gasteiger partial charge is 0.481 e. The smallest absolute Gasteiger partial charge is 0.335 e. The zero-order valence-electron chi connectivity index (χ0n) is 14.6. The van der Waals surface area contributed by atoms with Crippen molar-refractivity contribution in [2.45, 2.75) is 17.2 Å². The van der Waals surface area contributed by atoms with Crippen LogP contribution in [0.3, 0.4) is 0 Å². The number of ether oxygens (including phenoxy) is 3. The highest BCUT2D eigenvalue weighted by Crippen LogP contribution is 2.24. The summed E-state index contributed by atoms with van der Waals surface area (Å²) in [5, 5.41) is 3.58. The third-order valence-corrected chi connectivity index (χ3v) is 5.90. The van der Waals surface area contributed by atoms with Crippen LogP contribution >= 0.6 is 11.3 Å². The van der Waals surface area contributed by atoms with E-state index in [9.17, 15) is 22.0 Å². The van der Waals surface area contributed by atoms with Gasteiger partial charge < -0.3 is 14.2 Å². The van der Waals surface area contributed by atoms with Crippen molar-refractivity contribution < 1.29 is 36.2 Å². The number of halogens is 2. The zero-order valence-corrected chi connectivity index (χ0v) is 16.3. The van der Waals surface area contributed by atoms with Crippen LogP contribution in [0.5, 0.6) is 11.8 Å². The molecule has 28 heavy (non-hydrogen) atoms. The number of hydrogen-bond donors (Lipinski definition) is 2. The minimum Gasteiger partial charge on any atom is -0.481 e. The molecule has 0 atom stereocenters. The van der Waals surface area contributed by atoms with Crippen molar-refractivity contribution in [3.63, 3.8) is 0 Å². The summed E-state index contributed by atoms with van der Waals surface area (Å²) in [7, 11) is -1.60. The molecule has 2 N–H and O–H groups in total. The Morgan fingerprint density at radius 3 is 2.46 bits per heavy atom. The molecule has 0 spiro atoms. The molecule has 0 aliphatic rings. The number of thiophene rings is 1. The lowest BCUT2D eigenvalue weighted by Crippen LogP contribution is -2.35. The van der Waals surface area contributed by atoms with Gasteiger partial charge in [0.05, 0.1) is 26.9 Å². The van der Waals surface area contributed by atoms with Crippen LogP contribution in [0.15, 0.2) is 21.7 Å². The average Bonchev–Trinajstić information content (AvgIpc) is 3.10. The summed E-state index contributed by atoms with van der Waals surface area (Å²) in [5.41, 5.74) is 0.144. The summed E-state index contributed by atoms with van der Waals surface area (Å²) in [6.07, 6.45) is -2.68. The Labute approximate surface area is 162 Å². The molecule has 0 aliphatic carbocycles. The predicted octanol–water partition coefficient (Wildman–Crippen LogP) is 1.85. The van der Waals surface area contributed by atoms with Gasteiger partial charge in [0.15, 0.2) is 0 Å². The molecule has 0 saturated heterocycles. The fourth-order valence-electron chi connectivity index (χ4n) is 1.89. The van der Waals surface area contributed by atoms with Crippen molar-refractivity contribution in [3.8, 4) is 11.8 Å². The number of aromatic nitrogens is 2. The number of carbonyl (C=O) groups is 1. The van der Waals surface area contributed by atoms with Crippen LogP contribution in [0.2, 0.25) is 0 Å². The quantitative estimate of drug-likeness (QED) is 0.607. The second-order valence-corrected chi connectivity index (χ2v) is 7.77. The first-order valence-electron chi connectivity index (χ1n) is 7.48. The number of hydrogen-bond acceptors (Lipinski definition) is 9. The molecular weight excluding hydrogens is 422 g/mol. The van der Waals surface area contributed by atoms with Gasteiger partial charge in [-0.15, -0.1) is 11.3 Å². The van der Waals surface area contributed by atoms with Crippen molar-refractivity contribution in [2.75, 3.05) is 26.1 Å². The van der Waals surface area contributed by atoms with Gasteiger partial charge >= 0.3 is 6.03 Å². The molecule has 2 aromatic rings. The second-order valence-electron chi connectivity index (χ2n) is 4.98. The molecule has 2 amide bonds. The molecule has 0 fully saturated rings. The molecule has 154 valence electrons. The Kier molecular flexibility index (Phi) is 7.42. The van der Waals surface area contributed by atoms with Crippen molar-refractivity contribution in [3.05, 3.63) is 23.1 Å². The van der Waals surface area contributed by atoms with E-state index in [-0.39, 0.29) is 34.1 Å². The Morgan fingerprint density at radius 2 is 1.89 bits per heavy atom. The number of urea groups is 1. The van der Waals surface area contributed by atoms with Crippen molar-refractivity contribution >= 4 is 33.3 Å². The molecule has 2 aromatic heterocycles. The van der Waals surface area contributed by atoms with E-state index in [0.717, 1.165) is 11.3 Å². The third kappa shape index (κ3) is 5.97. The molecule has 14 heteroatoms. The summed E-state index contributed by atoms with van der Waals surface area (Å²) in [5.74, 6) is -0.0842. The van der Waals surface area contributed by atoms with Gasteiger partial charge in [-0.1, -0.05) is 0 Å². The maximum Gasteiger partial charge on any atom is 0.335 e. The van der Waals surface area contributed by atoms with Crippen molar-refractivity contribution in [2.24, 2.45) is 0 Å². The lowest BCUT2D eigenvalue weighted by Gasteiger charge is -2.10. The summed E-state index contributed by atoms with van der Waals surface area (Å²) >= 11 is 0.807. The van der Waals surface area contributed by atoms with Crippen LogP contribution in [-0.4, -0.2) is 51.7 Å². The van der Waals surface area contributed by atoms with Crippen molar-refractivity contribution in [1.29, 1.82) is 0 Å². The fraction of sp³-hybridized carbons (Fsp3) is 0.357. The van der Waals surface area contributed by atoms with Crippen LogP contribution in [-0.2, 0) is 21.4 Å². The van der Waals surface area contributed by atoms with Gasteiger partial charge in [-0.2, -0.15) is 9.97 Å². The predicted molar refractivity (Wildman–Crippen MR) is 94.5 cm³/mol. The molecule has 0 aliphatic heterocycles. The van der Waals surface area contributed by atoms with Crippen LogP contribution in [0.4, 0.5) is 19.5 Å². The van der Waals surface area contributed by atoms with Crippen molar-refractivity contribution in [1.82, 2.24) is 14.7 Å². The van der Waals surface area contributed by atoms with Gasteiger partial charge in [-0.3, -0.25) is 5.32 Å². The normalized spacial score (nSPS) is 11.3. The first-order chi connectivity index (χ1) is 13.2. The van der Waals surface area contributed by atoms with E-state index in [0.29, 0.717) is 0 Å². The maximum atomic E-state index is 12.4. The fourth-order valence-corrected chi connectivity index (χ4v) is 4.18. The average molecular weight is 438 g/mol. The highest BCUT2D eigenvalue weighted by molar-refractivity contribution is 7.92. The van der Waals surface area contributed by atoms with E-state index in [1.165, 1.54) is 31.7 Å². The topological polar surface area (TPSA) is 129 Å². The van der Waals surface area contributed by atoms with Gasteiger partial charge in [-0.05, 0) is 11.4 Å². The van der Waals surface area contributed by atoms with E-state index in [4.69, 9.17) is 14.2 Å². The maximum absolute atomic E-state index is 12.4. The molecule has 2 heterocycles. The van der Waals surface area contributed by atoms with Gasteiger partial charge in [0.1, 0.15) is 10.8 Å². The highest BCUT2D eigenvalue weighted by Gasteiger charge is 2.24. The SMILES string of the molecule is COc1cc(OC)nc(NC(=O)NS(=O)(=O)c2sccc2COCC(F)F)n1. The molecule has 0 unspecified atom stereocenters. The second kappa shape index (κ2) is 9.57. The van der Waals surface area contributed by atoms with Crippen LogP contribution in [0.25, 0.3) is 0 Å². The number of nitrogens with zero attached hydrogens (tertiary/aromatic N) is 2. The van der Waals surface area contributed by atoms with Gasteiger partial charge in [-0.25, -0.2) is 26.7 Å². The Morgan fingerprint density at radius 1 is 1.25 bits per heavy atom. The number of methoxy groups -OCH3 is 2. The summed E-state index contributed by atoms with van der Waals surface area (Å²) in [6.45, 7) is -1.18.